The lowest BCUT2D eigenvalue weighted by Crippen LogP contribution is -2.33. The van der Waals surface area contributed by atoms with Crippen molar-refractivity contribution >= 4 is 21.6 Å². The maximum atomic E-state index is 8.97. The van der Waals surface area contributed by atoms with Crippen LogP contribution in [0.5, 0.6) is 5.75 Å². The zero-order valence-electron chi connectivity index (χ0n) is 16.5. The minimum Gasteiger partial charge on any atom is -0.497 e. The maximum absolute atomic E-state index is 8.97. The number of ether oxygens (including phenoxy) is 2. The van der Waals surface area contributed by atoms with Gasteiger partial charge in [0, 0.05) is 11.5 Å². The van der Waals surface area contributed by atoms with Gasteiger partial charge in [0.1, 0.15) is 11.4 Å². The number of rotatable bonds is 11. The Balaban J connectivity index is 2.01. The quantitative estimate of drug-likeness (QED) is 0.253. The molecule has 0 fully saturated rings. The van der Waals surface area contributed by atoms with E-state index < -0.39 is 5.60 Å². The Hall–Kier alpha value is -1.92. The summed E-state index contributed by atoms with van der Waals surface area (Å²) in [6, 6.07) is 28.8. The molecular weight excluding hydrogens is 400 g/mol. The van der Waals surface area contributed by atoms with Crippen molar-refractivity contribution in [3.05, 3.63) is 102 Å². The van der Waals surface area contributed by atoms with Crippen LogP contribution in [0.4, 0.5) is 0 Å². The molecule has 5 heteroatoms. The summed E-state index contributed by atoms with van der Waals surface area (Å²) in [4.78, 5) is 0. The first kappa shape index (κ1) is 21.8. The SMILES string of the molecule is COc1ccc(C(OCCSSCCO)(c2ccccc2)c2ccccc2)cc1. The van der Waals surface area contributed by atoms with Crippen molar-refractivity contribution in [1.82, 2.24) is 0 Å². The second-order valence-electron chi connectivity index (χ2n) is 6.36. The van der Waals surface area contributed by atoms with E-state index in [0.29, 0.717) is 6.61 Å². The lowest BCUT2D eigenvalue weighted by molar-refractivity contribution is 0.0234. The molecule has 0 radical (unpaired) electrons. The lowest BCUT2D eigenvalue weighted by Gasteiger charge is -2.36. The van der Waals surface area contributed by atoms with E-state index >= 15 is 0 Å². The predicted octanol–water partition coefficient (Wildman–Crippen LogP) is 5.38. The largest absolute Gasteiger partial charge is 0.497 e. The fourth-order valence-electron chi connectivity index (χ4n) is 3.31. The monoisotopic (exact) mass is 426 g/mol. The van der Waals surface area contributed by atoms with E-state index in [2.05, 4.69) is 36.4 Å². The third kappa shape index (κ3) is 5.37. The summed E-state index contributed by atoms with van der Waals surface area (Å²) >= 11 is 0. The molecule has 3 nitrogen and oxygen atoms in total. The van der Waals surface area contributed by atoms with Crippen LogP contribution in [0.15, 0.2) is 84.9 Å². The molecule has 0 atom stereocenters. The van der Waals surface area contributed by atoms with Gasteiger partial charge in [0.2, 0.25) is 0 Å². The van der Waals surface area contributed by atoms with Gasteiger partial charge in [-0.05, 0) is 28.8 Å². The Morgan fingerprint density at radius 1 is 0.724 bits per heavy atom. The topological polar surface area (TPSA) is 38.7 Å². The summed E-state index contributed by atoms with van der Waals surface area (Å²) in [6.45, 7) is 0.779. The smallest absolute Gasteiger partial charge is 0.143 e. The van der Waals surface area contributed by atoms with E-state index in [1.807, 2.05) is 48.5 Å². The van der Waals surface area contributed by atoms with Gasteiger partial charge in [-0.25, -0.2) is 0 Å². The average Bonchev–Trinajstić information content (AvgIpc) is 2.80. The summed E-state index contributed by atoms with van der Waals surface area (Å²) in [7, 11) is 5.06. The molecule has 0 unspecified atom stereocenters. The first-order valence-corrected chi connectivity index (χ1v) is 12.0. The second kappa shape index (κ2) is 11.3. The Kier molecular flexibility index (Phi) is 8.50. The van der Waals surface area contributed by atoms with Crippen molar-refractivity contribution in [1.29, 1.82) is 0 Å². The summed E-state index contributed by atoms with van der Waals surface area (Å²) in [6.07, 6.45) is 0. The van der Waals surface area contributed by atoms with Gasteiger partial charge < -0.3 is 14.6 Å². The third-order valence-corrected chi connectivity index (χ3v) is 6.95. The average molecular weight is 427 g/mol. The van der Waals surface area contributed by atoms with E-state index in [1.54, 1.807) is 28.7 Å². The fourth-order valence-corrected chi connectivity index (χ4v) is 4.90. The number of benzene rings is 3. The van der Waals surface area contributed by atoms with Crippen LogP contribution in [0.3, 0.4) is 0 Å². The van der Waals surface area contributed by atoms with Gasteiger partial charge in [-0.2, -0.15) is 0 Å². The third-order valence-electron chi connectivity index (χ3n) is 4.60. The number of aliphatic hydroxyl groups excluding tert-OH is 1. The van der Waals surface area contributed by atoms with Crippen LogP contribution in [0.1, 0.15) is 16.7 Å². The number of aliphatic hydroxyl groups is 1. The van der Waals surface area contributed by atoms with Gasteiger partial charge in [-0.1, -0.05) is 94.4 Å². The van der Waals surface area contributed by atoms with Crippen LogP contribution in [0.25, 0.3) is 0 Å². The Morgan fingerprint density at radius 2 is 1.24 bits per heavy atom. The Morgan fingerprint density at radius 3 is 1.76 bits per heavy atom. The van der Waals surface area contributed by atoms with Crippen molar-refractivity contribution in [2.75, 3.05) is 31.8 Å². The molecule has 0 aromatic heterocycles. The molecule has 0 spiro atoms. The number of methoxy groups -OCH3 is 1. The van der Waals surface area contributed by atoms with Gasteiger partial charge in [0.15, 0.2) is 0 Å². The van der Waals surface area contributed by atoms with Crippen molar-refractivity contribution in [2.45, 2.75) is 5.60 Å². The summed E-state index contributed by atoms with van der Waals surface area (Å²) in [5, 5.41) is 8.97. The molecule has 0 saturated heterocycles. The zero-order valence-corrected chi connectivity index (χ0v) is 18.1. The van der Waals surface area contributed by atoms with E-state index in [0.717, 1.165) is 33.9 Å². The molecule has 0 aliphatic carbocycles. The summed E-state index contributed by atoms with van der Waals surface area (Å²) < 4.78 is 12.1. The molecule has 1 N–H and O–H groups in total. The van der Waals surface area contributed by atoms with Crippen molar-refractivity contribution in [3.63, 3.8) is 0 Å². The van der Waals surface area contributed by atoms with Crippen molar-refractivity contribution in [2.24, 2.45) is 0 Å². The lowest BCUT2D eigenvalue weighted by atomic mass is 9.80. The predicted molar refractivity (Wildman–Crippen MR) is 124 cm³/mol. The molecule has 0 amide bonds. The Bertz CT molecular complexity index is 800. The maximum Gasteiger partial charge on any atom is 0.143 e. The van der Waals surface area contributed by atoms with Gasteiger partial charge in [-0.15, -0.1) is 0 Å². The van der Waals surface area contributed by atoms with Crippen molar-refractivity contribution in [3.8, 4) is 5.75 Å². The number of hydrogen-bond donors (Lipinski definition) is 1. The molecule has 0 bridgehead atoms. The molecule has 0 aliphatic heterocycles. The first-order chi connectivity index (χ1) is 14.3. The minimum atomic E-state index is -0.711. The second-order valence-corrected chi connectivity index (χ2v) is 9.06. The van der Waals surface area contributed by atoms with E-state index in [4.69, 9.17) is 14.6 Å². The molecule has 3 aromatic carbocycles. The summed E-state index contributed by atoms with van der Waals surface area (Å²) in [5.41, 5.74) is 2.52. The van der Waals surface area contributed by atoms with Crippen LogP contribution in [-0.4, -0.2) is 36.9 Å². The highest BCUT2D eigenvalue weighted by Crippen LogP contribution is 2.41. The highest BCUT2D eigenvalue weighted by molar-refractivity contribution is 8.76. The molecule has 0 heterocycles. The number of hydrogen-bond acceptors (Lipinski definition) is 5. The normalized spacial score (nSPS) is 11.4. The van der Waals surface area contributed by atoms with E-state index in [-0.39, 0.29) is 6.61 Å². The molecule has 3 aromatic rings. The highest BCUT2D eigenvalue weighted by atomic mass is 33.1. The van der Waals surface area contributed by atoms with E-state index in [9.17, 15) is 0 Å². The van der Waals surface area contributed by atoms with Gasteiger partial charge in [-0.3, -0.25) is 0 Å². The molecule has 0 aliphatic rings. The van der Waals surface area contributed by atoms with Crippen LogP contribution in [-0.2, 0) is 10.3 Å². The highest BCUT2D eigenvalue weighted by Gasteiger charge is 2.37. The van der Waals surface area contributed by atoms with Gasteiger partial charge in [0.05, 0.1) is 20.3 Å². The standard InChI is InChI=1S/C24H26O3S2/c1-26-23-14-12-22(13-15-23)24(20-8-4-2-5-9-20,21-10-6-3-7-11-21)27-17-19-29-28-18-16-25/h2-15,25H,16-19H2,1H3. The Labute approximate surface area is 180 Å². The fraction of sp³-hybridized carbons (Fsp3) is 0.250. The first-order valence-electron chi connectivity index (χ1n) is 9.56. The molecule has 0 saturated carbocycles. The van der Waals surface area contributed by atoms with Crippen LogP contribution in [0.2, 0.25) is 0 Å². The molecular formula is C24H26O3S2. The molecule has 3 rings (SSSR count). The minimum absolute atomic E-state index is 0.197. The van der Waals surface area contributed by atoms with E-state index in [1.165, 1.54) is 0 Å². The van der Waals surface area contributed by atoms with Crippen LogP contribution in [0, 0.1) is 0 Å². The van der Waals surface area contributed by atoms with Gasteiger partial charge in [0.25, 0.3) is 0 Å². The zero-order chi connectivity index (χ0) is 20.4. The van der Waals surface area contributed by atoms with Crippen molar-refractivity contribution < 1.29 is 14.6 Å². The summed E-state index contributed by atoms with van der Waals surface area (Å²) in [5.74, 6) is 2.38. The van der Waals surface area contributed by atoms with Gasteiger partial charge >= 0.3 is 0 Å². The van der Waals surface area contributed by atoms with Crippen LogP contribution < -0.4 is 4.74 Å². The van der Waals surface area contributed by atoms with Crippen LogP contribution >= 0.6 is 21.6 Å². The molecule has 152 valence electrons. The molecule has 29 heavy (non-hydrogen) atoms.